The number of ether oxygens (including phenoxy) is 1. The first-order chi connectivity index (χ1) is 8.75. The average molecular weight is 274 g/mol. The third-order valence-electron chi connectivity index (χ3n) is 2.49. The summed E-state index contributed by atoms with van der Waals surface area (Å²) in [5.74, 6) is -1.17. The number of unbranched alkanes of at least 4 members (excludes halogenated alkanes) is 1. The lowest BCUT2D eigenvalue weighted by atomic mass is 10.1. The highest BCUT2D eigenvalue weighted by Gasteiger charge is 2.22. The number of carbonyl (C=O) groups excluding carboxylic acids is 2. The van der Waals surface area contributed by atoms with E-state index < -0.39 is 18.2 Å². The molecule has 7 heteroatoms. The summed E-state index contributed by atoms with van der Waals surface area (Å²) < 4.78 is 4.82. The number of nitrogens with zero attached hydrogens (tertiary/aromatic N) is 2. The number of hydrogen-bond acceptors (Lipinski definition) is 4. The summed E-state index contributed by atoms with van der Waals surface area (Å²) in [6.07, 6.45) is -0.199. The van der Waals surface area contributed by atoms with Gasteiger partial charge in [-0.15, -0.1) is 0 Å². The van der Waals surface area contributed by atoms with Gasteiger partial charge >= 0.3 is 12.1 Å². The number of amides is 2. The molecule has 0 aliphatic heterocycles. The zero-order valence-electron chi connectivity index (χ0n) is 11.9. The van der Waals surface area contributed by atoms with Crippen LogP contribution in [0.5, 0.6) is 0 Å². The maximum Gasteiger partial charge on any atom is 0.410 e. The fourth-order valence-electron chi connectivity index (χ4n) is 1.29. The molecule has 0 saturated heterocycles. The summed E-state index contributed by atoms with van der Waals surface area (Å²) in [7, 11) is 6.30. The van der Waals surface area contributed by atoms with Gasteiger partial charge in [0, 0.05) is 34.6 Å². The van der Waals surface area contributed by atoms with Crippen LogP contribution in [-0.2, 0) is 14.3 Å². The Morgan fingerprint density at radius 2 is 1.63 bits per heavy atom. The predicted octanol–water partition coefficient (Wildman–Crippen LogP) is 0.786. The van der Waals surface area contributed by atoms with Crippen molar-refractivity contribution in [2.75, 3.05) is 28.2 Å². The van der Waals surface area contributed by atoms with Gasteiger partial charge in [0.15, 0.2) is 0 Å². The third kappa shape index (κ3) is 7.28. The van der Waals surface area contributed by atoms with E-state index in [1.54, 1.807) is 14.1 Å². The molecule has 110 valence electrons. The van der Waals surface area contributed by atoms with Crippen molar-refractivity contribution in [3.63, 3.8) is 0 Å². The highest BCUT2D eigenvalue weighted by molar-refractivity contribution is 5.77. The Morgan fingerprint density at radius 3 is 2.05 bits per heavy atom. The molecule has 0 rings (SSSR count). The Bertz CT molecular complexity index is 328. The minimum atomic E-state index is -1.17. The standard InChI is InChI=1S/C12H22N2O5/c1-13(2)10(15)8-6-5-7-9(11(16)17)19-12(18)14(3)4/h9H,5-8H2,1-4H3,(H,16,17)/t9-/m0/s1. The maximum absolute atomic E-state index is 11.3. The van der Waals surface area contributed by atoms with Gasteiger partial charge in [-0.25, -0.2) is 9.59 Å². The predicted molar refractivity (Wildman–Crippen MR) is 68.8 cm³/mol. The van der Waals surface area contributed by atoms with Crippen LogP contribution in [0.25, 0.3) is 0 Å². The summed E-state index contributed by atoms with van der Waals surface area (Å²) in [6, 6.07) is 0. The summed E-state index contributed by atoms with van der Waals surface area (Å²) in [5, 5.41) is 8.93. The highest BCUT2D eigenvalue weighted by Crippen LogP contribution is 2.09. The Labute approximate surface area is 113 Å². The number of hydrogen-bond donors (Lipinski definition) is 1. The molecule has 19 heavy (non-hydrogen) atoms. The summed E-state index contributed by atoms with van der Waals surface area (Å²) >= 11 is 0. The van der Waals surface area contributed by atoms with E-state index >= 15 is 0 Å². The van der Waals surface area contributed by atoms with Gasteiger partial charge in [0.2, 0.25) is 12.0 Å². The van der Waals surface area contributed by atoms with Gasteiger partial charge in [-0.1, -0.05) is 0 Å². The van der Waals surface area contributed by atoms with Crippen LogP contribution in [0.4, 0.5) is 4.79 Å². The molecule has 0 aliphatic rings. The number of rotatable bonds is 7. The molecule has 0 fully saturated rings. The normalized spacial score (nSPS) is 11.6. The van der Waals surface area contributed by atoms with Crippen molar-refractivity contribution < 1.29 is 24.2 Å². The lowest BCUT2D eigenvalue weighted by molar-refractivity contribution is -0.147. The lowest BCUT2D eigenvalue weighted by Crippen LogP contribution is -2.32. The Balaban J connectivity index is 4.06. The van der Waals surface area contributed by atoms with E-state index in [0.717, 1.165) is 0 Å². The van der Waals surface area contributed by atoms with Gasteiger partial charge in [-0.2, -0.15) is 0 Å². The van der Waals surface area contributed by atoms with Crippen LogP contribution >= 0.6 is 0 Å². The molecular weight excluding hydrogens is 252 g/mol. The Morgan fingerprint density at radius 1 is 1.05 bits per heavy atom. The molecule has 1 atom stereocenters. The van der Waals surface area contributed by atoms with Gasteiger partial charge in [0.05, 0.1) is 0 Å². The van der Waals surface area contributed by atoms with E-state index in [4.69, 9.17) is 9.84 Å². The summed E-state index contributed by atoms with van der Waals surface area (Å²) in [4.78, 5) is 36.2. The molecule has 0 aliphatic carbocycles. The van der Waals surface area contributed by atoms with Crippen LogP contribution in [0.15, 0.2) is 0 Å². The first kappa shape index (κ1) is 17.2. The van der Waals surface area contributed by atoms with E-state index in [9.17, 15) is 14.4 Å². The molecule has 0 aromatic rings. The van der Waals surface area contributed by atoms with Crippen molar-refractivity contribution >= 4 is 18.0 Å². The molecule has 1 N–H and O–H groups in total. The molecule has 2 amide bonds. The van der Waals surface area contributed by atoms with Gasteiger partial charge in [-0.05, 0) is 19.3 Å². The highest BCUT2D eigenvalue weighted by atomic mass is 16.6. The zero-order valence-corrected chi connectivity index (χ0v) is 11.9. The minimum Gasteiger partial charge on any atom is -0.479 e. The van der Waals surface area contributed by atoms with Crippen LogP contribution < -0.4 is 0 Å². The summed E-state index contributed by atoms with van der Waals surface area (Å²) in [5.41, 5.74) is 0. The van der Waals surface area contributed by atoms with Gasteiger partial charge in [0.1, 0.15) is 0 Å². The molecule has 0 heterocycles. The van der Waals surface area contributed by atoms with Crippen LogP contribution in [0.3, 0.4) is 0 Å². The molecule has 0 spiro atoms. The van der Waals surface area contributed by atoms with Crippen molar-refractivity contribution in [1.29, 1.82) is 0 Å². The first-order valence-corrected chi connectivity index (χ1v) is 6.06. The minimum absolute atomic E-state index is 0.00263. The average Bonchev–Trinajstić information content (AvgIpc) is 2.31. The van der Waals surface area contributed by atoms with Crippen LogP contribution in [-0.4, -0.2) is 67.2 Å². The molecular formula is C12H22N2O5. The second kappa shape index (κ2) is 8.34. The van der Waals surface area contributed by atoms with Crippen LogP contribution in [0.2, 0.25) is 0 Å². The SMILES string of the molecule is CN(C)C(=O)CCCC[C@H](OC(=O)N(C)C)C(=O)O. The van der Waals surface area contributed by atoms with E-state index in [-0.39, 0.29) is 12.3 Å². The quantitative estimate of drug-likeness (QED) is 0.693. The van der Waals surface area contributed by atoms with Crippen LogP contribution in [0, 0.1) is 0 Å². The van der Waals surface area contributed by atoms with Crippen molar-refractivity contribution in [2.45, 2.75) is 31.8 Å². The second-order valence-electron chi connectivity index (χ2n) is 4.64. The molecule has 0 radical (unpaired) electrons. The number of carboxylic acids is 1. The maximum atomic E-state index is 11.3. The van der Waals surface area contributed by atoms with Gasteiger partial charge in [0.25, 0.3) is 0 Å². The number of carboxylic acid groups (broad SMARTS) is 1. The monoisotopic (exact) mass is 274 g/mol. The van der Waals surface area contributed by atoms with Gasteiger partial charge in [-0.3, -0.25) is 4.79 Å². The smallest absolute Gasteiger partial charge is 0.410 e. The largest absolute Gasteiger partial charge is 0.479 e. The molecule has 0 aromatic heterocycles. The topological polar surface area (TPSA) is 87.2 Å². The van der Waals surface area contributed by atoms with E-state index in [2.05, 4.69) is 0 Å². The fraction of sp³-hybridized carbons (Fsp3) is 0.750. The number of carbonyl (C=O) groups is 3. The molecule has 0 bridgehead atoms. The molecule has 0 unspecified atom stereocenters. The second-order valence-corrected chi connectivity index (χ2v) is 4.64. The molecule has 7 nitrogen and oxygen atoms in total. The number of aliphatic carboxylic acids is 1. The van der Waals surface area contributed by atoms with E-state index in [1.807, 2.05) is 0 Å². The Hall–Kier alpha value is -1.79. The van der Waals surface area contributed by atoms with E-state index in [0.29, 0.717) is 19.3 Å². The fourth-order valence-corrected chi connectivity index (χ4v) is 1.29. The van der Waals surface area contributed by atoms with Crippen molar-refractivity contribution in [3.8, 4) is 0 Å². The lowest BCUT2D eigenvalue weighted by Gasteiger charge is -2.17. The van der Waals surface area contributed by atoms with E-state index in [1.165, 1.54) is 23.9 Å². The Kier molecular flexibility index (Phi) is 7.55. The van der Waals surface area contributed by atoms with Crippen molar-refractivity contribution in [3.05, 3.63) is 0 Å². The molecule has 0 saturated carbocycles. The zero-order chi connectivity index (χ0) is 15.0. The van der Waals surface area contributed by atoms with Crippen molar-refractivity contribution in [1.82, 2.24) is 9.80 Å². The van der Waals surface area contributed by atoms with Gasteiger partial charge < -0.3 is 19.6 Å². The summed E-state index contributed by atoms with van der Waals surface area (Å²) in [6.45, 7) is 0. The van der Waals surface area contributed by atoms with Crippen LogP contribution in [0.1, 0.15) is 25.7 Å². The van der Waals surface area contributed by atoms with Crippen molar-refractivity contribution in [2.24, 2.45) is 0 Å². The molecule has 0 aromatic carbocycles. The third-order valence-corrected chi connectivity index (χ3v) is 2.49. The first-order valence-electron chi connectivity index (χ1n) is 6.06.